The normalized spacial score (nSPS) is 23.3. The fraction of sp³-hybridized carbons (Fsp3) is 0.615. The van der Waals surface area contributed by atoms with Gasteiger partial charge in [-0.15, -0.1) is 10.2 Å². The molecule has 1 aliphatic heterocycles. The summed E-state index contributed by atoms with van der Waals surface area (Å²) in [5.74, 6) is 0.537. The van der Waals surface area contributed by atoms with Crippen LogP contribution in [0, 0.1) is 0 Å². The van der Waals surface area contributed by atoms with E-state index in [0.717, 1.165) is 25.6 Å². The van der Waals surface area contributed by atoms with Crippen molar-refractivity contribution >= 4 is 11.7 Å². The molecule has 3 rings (SSSR count). The van der Waals surface area contributed by atoms with E-state index in [1.54, 1.807) is 19.2 Å². The van der Waals surface area contributed by atoms with Gasteiger partial charge in [-0.25, -0.2) is 0 Å². The van der Waals surface area contributed by atoms with E-state index in [4.69, 9.17) is 0 Å². The van der Waals surface area contributed by atoms with Crippen LogP contribution in [-0.4, -0.2) is 53.2 Å². The first-order chi connectivity index (χ1) is 9.26. The van der Waals surface area contributed by atoms with Gasteiger partial charge in [-0.3, -0.25) is 9.69 Å². The van der Waals surface area contributed by atoms with Gasteiger partial charge in [0.2, 0.25) is 0 Å². The summed E-state index contributed by atoms with van der Waals surface area (Å²) in [5.41, 5.74) is 0.379. The van der Waals surface area contributed by atoms with E-state index >= 15 is 0 Å². The van der Waals surface area contributed by atoms with Crippen LogP contribution >= 0.6 is 0 Å². The maximum atomic E-state index is 12.0. The largest absolute Gasteiger partial charge is 0.372 e. The lowest BCUT2D eigenvalue weighted by molar-refractivity contribution is 0.0931. The predicted octanol–water partition coefficient (Wildman–Crippen LogP) is 0.485. The number of nitrogens with zero attached hydrogens (tertiary/aromatic N) is 3. The van der Waals surface area contributed by atoms with E-state index in [2.05, 4.69) is 25.7 Å². The molecule has 1 atom stereocenters. The molecule has 1 aromatic rings. The number of hydrogen-bond acceptors (Lipinski definition) is 5. The van der Waals surface area contributed by atoms with Crippen molar-refractivity contribution in [3.8, 4) is 0 Å². The number of carbonyl (C=O) groups excluding carboxylic acids is 1. The molecule has 0 radical (unpaired) electrons. The van der Waals surface area contributed by atoms with E-state index in [9.17, 15) is 4.79 Å². The fourth-order valence-electron chi connectivity index (χ4n) is 2.52. The first-order valence-corrected chi connectivity index (χ1v) is 6.82. The first kappa shape index (κ1) is 12.3. The SMILES string of the molecule is CNc1ccc(C(=O)NC2CCN(C3CC3)C2)nn1. The molecule has 2 fully saturated rings. The van der Waals surface area contributed by atoms with Crippen LogP contribution in [0.1, 0.15) is 29.8 Å². The molecule has 2 heterocycles. The van der Waals surface area contributed by atoms with Crippen molar-refractivity contribution in [2.24, 2.45) is 0 Å². The number of amides is 1. The van der Waals surface area contributed by atoms with Crippen molar-refractivity contribution in [1.29, 1.82) is 0 Å². The minimum atomic E-state index is -0.127. The van der Waals surface area contributed by atoms with Crippen molar-refractivity contribution < 1.29 is 4.79 Å². The quantitative estimate of drug-likeness (QED) is 0.825. The van der Waals surface area contributed by atoms with Gasteiger partial charge in [0.15, 0.2) is 5.69 Å². The third kappa shape index (κ3) is 2.84. The smallest absolute Gasteiger partial charge is 0.272 e. The van der Waals surface area contributed by atoms with Crippen molar-refractivity contribution in [3.05, 3.63) is 17.8 Å². The molecule has 6 nitrogen and oxygen atoms in total. The average Bonchev–Trinajstić information content (AvgIpc) is 3.20. The highest BCUT2D eigenvalue weighted by Crippen LogP contribution is 2.29. The number of anilines is 1. The van der Waals surface area contributed by atoms with Gasteiger partial charge < -0.3 is 10.6 Å². The van der Waals surface area contributed by atoms with Crippen LogP contribution < -0.4 is 10.6 Å². The fourth-order valence-corrected chi connectivity index (χ4v) is 2.52. The molecule has 1 saturated carbocycles. The Kier molecular flexibility index (Phi) is 3.33. The zero-order valence-corrected chi connectivity index (χ0v) is 11.1. The molecule has 1 aliphatic carbocycles. The zero-order chi connectivity index (χ0) is 13.2. The lowest BCUT2D eigenvalue weighted by atomic mass is 10.2. The van der Waals surface area contributed by atoms with Gasteiger partial charge in [-0.1, -0.05) is 0 Å². The molecule has 1 aromatic heterocycles. The topological polar surface area (TPSA) is 70.2 Å². The molecule has 19 heavy (non-hydrogen) atoms. The van der Waals surface area contributed by atoms with Crippen LogP contribution in [0.25, 0.3) is 0 Å². The van der Waals surface area contributed by atoms with E-state index in [-0.39, 0.29) is 11.9 Å². The number of nitrogens with one attached hydrogen (secondary N) is 2. The van der Waals surface area contributed by atoms with Crippen LogP contribution in [-0.2, 0) is 0 Å². The second-order valence-corrected chi connectivity index (χ2v) is 5.24. The van der Waals surface area contributed by atoms with E-state index < -0.39 is 0 Å². The molecule has 2 aliphatic rings. The third-order valence-corrected chi connectivity index (χ3v) is 3.77. The van der Waals surface area contributed by atoms with Gasteiger partial charge in [-0.05, 0) is 31.4 Å². The van der Waals surface area contributed by atoms with E-state index in [0.29, 0.717) is 11.5 Å². The number of aromatic nitrogens is 2. The third-order valence-electron chi connectivity index (χ3n) is 3.77. The lowest BCUT2D eigenvalue weighted by Crippen LogP contribution is -2.37. The lowest BCUT2D eigenvalue weighted by Gasteiger charge is -2.15. The highest BCUT2D eigenvalue weighted by Gasteiger charge is 2.34. The molecule has 6 heteroatoms. The van der Waals surface area contributed by atoms with Crippen LogP contribution in [0.3, 0.4) is 0 Å². The molecule has 1 unspecified atom stereocenters. The highest BCUT2D eigenvalue weighted by molar-refractivity contribution is 5.92. The summed E-state index contributed by atoms with van der Waals surface area (Å²) in [5, 5.41) is 13.8. The van der Waals surface area contributed by atoms with Crippen molar-refractivity contribution in [1.82, 2.24) is 20.4 Å². The van der Waals surface area contributed by atoms with Gasteiger partial charge in [0.05, 0.1) is 0 Å². The maximum absolute atomic E-state index is 12.0. The van der Waals surface area contributed by atoms with Gasteiger partial charge in [0.1, 0.15) is 5.82 Å². The molecule has 1 amide bonds. The maximum Gasteiger partial charge on any atom is 0.272 e. The van der Waals surface area contributed by atoms with Crippen molar-refractivity contribution in [2.45, 2.75) is 31.3 Å². The summed E-state index contributed by atoms with van der Waals surface area (Å²) >= 11 is 0. The standard InChI is InChI=1S/C13H19N5O/c1-14-12-5-4-11(16-17-12)13(19)15-9-6-7-18(8-9)10-2-3-10/h4-5,9-10H,2-3,6-8H2,1H3,(H,14,17)(H,15,19). The Hall–Kier alpha value is -1.69. The summed E-state index contributed by atoms with van der Waals surface area (Å²) in [7, 11) is 1.77. The first-order valence-electron chi connectivity index (χ1n) is 6.82. The minimum Gasteiger partial charge on any atom is -0.372 e. The van der Waals surface area contributed by atoms with Crippen LogP contribution in [0.5, 0.6) is 0 Å². The number of carbonyl (C=O) groups is 1. The molecule has 102 valence electrons. The zero-order valence-electron chi connectivity index (χ0n) is 11.1. The summed E-state index contributed by atoms with van der Waals surface area (Å²) in [6, 6.07) is 4.48. The second-order valence-electron chi connectivity index (χ2n) is 5.24. The highest BCUT2D eigenvalue weighted by atomic mass is 16.2. The second kappa shape index (κ2) is 5.13. The molecule has 0 aromatic carbocycles. The van der Waals surface area contributed by atoms with Gasteiger partial charge in [0.25, 0.3) is 5.91 Å². The van der Waals surface area contributed by atoms with Gasteiger partial charge in [-0.2, -0.15) is 0 Å². The number of rotatable bonds is 4. The molecule has 0 bridgehead atoms. The molecule has 2 N–H and O–H groups in total. The van der Waals surface area contributed by atoms with Crippen LogP contribution in [0.15, 0.2) is 12.1 Å². The Labute approximate surface area is 112 Å². The molecular weight excluding hydrogens is 242 g/mol. The monoisotopic (exact) mass is 261 g/mol. The average molecular weight is 261 g/mol. The van der Waals surface area contributed by atoms with Crippen LogP contribution in [0.4, 0.5) is 5.82 Å². The Morgan fingerprint density at radius 1 is 1.32 bits per heavy atom. The Bertz CT molecular complexity index is 457. The number of likely N-dealkylation sites (tertiary alicyclic amines) is 1. The van der Waals surface area contributed by atoms with E-state index in [1.165, 1.54) is 12.8 Å². The Balaban J connectivity index is 1.55. The van der Waals surface area contributed by atoms with Gasteiger partial charge in [0, 0.05) is 32.2 Å². The molecule has 0 spiro atoms. The minimum absolute atomic E-state index is 0.127. The summed E-state index contributed by atoms with van der Waals surface area (Å²) in [6.07, 6.45) is 3.67. The van der Waals surface area contributed by atoms with Crippen LogP contribution in [0.2, 0.25) is 0 Å². The summed E-state index contributed by atoms with van der Waals surface area (Å²) in [4.78, 5) is 14.5. The Morgan fingerprint density at radius 2 is 2.16 bits per heavy atom. The summed E-state index contributed by atoms with van der Waals surface area (Å²) in [6.45, 7) is 2.07. The molecular formula is C13H19N5O. The summed E-state index contributed by atoms with van der Waals surface area (Å²) < 4.78 is 0. The number of hydrogen-bond donors (Lipinski definition) is 2. The van der Waals surface area contributed by atoms with E-state index in [1.807, 2.05) is 0 Å². The predicted molar refractivity (Wildman–Crippen MR) is 72.0 cm³/mol. The Morgan fingerprint density at radius 3 is 2.79 bits per heavy atom. The molecule has 1 saturated heterocycles. The van der Waals surface area contributed by atoms with Crippen molar-refractivity contribution in [2.75, 3.05) is 25.5 Å². The van der Waals surface area contributed by atoms with Gasteiger partial charge >= 0.3 is 0 Å². The van der Waals surface area contributed by atoms with Crippen molar-refractivity contribution in [3.63, 3.8) is 0 Å².